The minimum Gasteiger partial charge on any atom is -0.336 e. The van der Waals surface area contributed by atoms with Gasteiger partial charge in [-0.05, 0) is 17.7 Å². The molecule has 0 unspecified atom stereocenters. The van der Waals surface area contributed by atoms with Crippen molar-refractivity contribution in [1.82, 2.24) is 14.9 Å². The predicted molar refractivity (Wildman–Crippen MR) is 98.8 cm³/mol. The molecule has 1 heterocycles. The normalized spacial score (nSPS) is 10.3. The average Bonchev–Trinajstić information content (AvgIpc) is 2.68. The molecule has 5 nitrogen and oxygen atoms in total. The SMILES string of the molecule is CN(Cc1ccccc1)C(=O)c1cnc(N(C)c2ccccc2)cn1. The Balaban J connectivity index is 1.70. The second kappa shape index (κ2) is 7.57. The second-order valence-electron chi connectivity index (χ2n) is 5.80. The van der Waals surface area contributed by atoms with Crippen LogP contribution >= 0.6 is 0 Å². The van der Waals surface area contributed by atoms with Crippen LogP contribution in [0.15, 0.2) is 73.1 Å². The fraction of sp³-hybridized carbons (Fsp3) is 0.150. The molecule has 0 bridgehead atoms. The predicted octanol–water partition coefficient (Wildman–Crippen LogP) is 3.52. The molecule has 0 saturated heterocycles. The summed E-state index contributed by atoms with van der Waals surface area (Å²) in [5.74, 6) is 0.540. The summed E-state index contributed by atoms with van der Waals surface area (Å²) in [7, 11) is 3.68. The lowest BCUT2D eigenvalue weighted by Gasteiger charge is -2.19. The number of hydrogen-bond donors (Lipinski definition) is 0. The summed E-state index contributed by atoms with van der Waals surface area (Å²) in [5.41, 5.74) is 2.42. The van der Waals surface area contributed by atoms with Crippen molar-refractivity contribution in [3.63, 3.8) is 0 Å². The van der Waals surface area contributed by atoms with E-state index in [-0.39, 0.29) is 5.91 Å². The number of amides is 1. The molecule has 1 amide bonds. The molecule has 0 atom stereocenters. The molecule has 0 fully saturated rings. The lowest BCUT2D eigenvalue weighted by atomic mass is 10.2. The molecule has 0 aliphatic rings. The molecule has 0 radical (unpaired) electrons. The van der Waals surface area contributed by atoms with Gasteiger partial charge in [-0.15, -0.1) is 0 Å². The van der Waals surface area contributed by atoms with Gasteiger partial charge in [0, 0.05) is 26.3 Å². The maximum atomic E-state index is 12.5. The number of hydrogen-bond acceptors (Lipinski definition) is 4. The smallest absolute Gasteiger partial charge is 0.274 e. The van der Waals surface area contributed by atoms with Gasteiger partial charge in [-0.3, -0.25) is 4.79 Å². The van der Waals surface area contributed by atoms with E-state index in [4.69, 9.17) is 0 Å². The molecular formula is C20H20N4O. The van der Waals surface area contributed by atoms with Gasteiger partial charge in [0.25, 0.3) is 5.91 Å². The molecule has 0 saturated carbocycles. The zero-order valence-corrected chi connectivity index (χ0v) is 14.3. The molecular weight excluding hydrogens is 312 g/mol. The van der Waals surface area contributed by atoms with Crippen LogP contribution in [0.5, 0.6) is 0 Å². The third-order valence-corrected chi connectivity index (χ3v) is 3.95. The zero-order chi connectivity index (χ0) is 17.6. The molecule has 126 valence electrons. The van der Waals surface area contributed by atoms with E-state index < -0.39 is 0 Å². The van der Waals surface area contributed by atoms with Gasteiger partial charge in [-0.25, -0.2) is 9.97 Å². The third kappa shape index (κ3) is 4.01. The molecule has 0 aliphatic carbocycles. The first-order chi connectivity index (χ1) is 12.1. The Morgan fingerprint density at radius 3 is 2.12 bits per heavy atom. The Bertz CT molecular complexity index is 819. The van der Waals surface area contributed by atoms with Crippen LogP contribution in [0.2, 0.25) is 0 Å². The number of aromatic nitrogens is 2. The van der Waals surface area contributed by atoms with E-state index in [1.54, 1.807) is 18.1 Å². The Morgan fingerprint density at radius 1 is 0.880 bits per heavy atom. The number of anilines is 2. The summed E-state index contributed by atoms with van der Waals surface area (Å²) in [6.07, 6.45) is 3.15. The van der Waals surface area contributed by atoms with Crippen molar-refractivity contribution in [3.8, 4) is 0 Å². The van der Waals surface area contributed by atoms with Gasteiger partial charge in [-0.2, -0.15) is 0 Å². The first-order valence-corrected chi connectivity index (χ1v) is 8.05. The fourth-order valence-electron chi connectivity index (χ4n) is 2.51. The van der Waals surface area contributed by atoms with Gasteiger partial charge in [0.1, 0.15) is 5.69 Å². The van der Waals surface area contributed by atoms with Crippen LogP contribution in [-0.4, -0.2) is 34.9 Å². The van der Waals surface area contributed by atoms with Crippen LogP contribution in [0, 0.1) is 0 Å². The standard InChI is InChI=1S/C20H20N4O/c1-23(15-16-9-5-3-6-10-16)20(25)18-13-22-19(14-21-18)24(2)17-11-7-4-8-12-17/h3-14H,15H2,1-2H3. The highest BCUT2D eigenvalue weighted by molar-refractivity contribution is 5.91. The summed E-state index contributed by atoms with van der Waals surface area (Å²) in [4.78, 5) is 24.7. The van der Waals surface area contributed by atoms with E-state index in [1.165, 1.54) is 6.20 Å². The Hall–Kier alpha value is -3.21. The van der Waals surface area contributed by atoms with Crippen molar-refractivity contribution >= 4 is 17.4 Å². The Labute approximate surface area is 147 Å². The topological polar surface area (TPSA) is 49.3 Å². The minimum absolute atomic E-state index is 0.148. The summed E-state index contributed by atoms with van der Waals surface area (Å²) >= 11 is 0. The highest BCUT2D eigenvalue weighted by atomic mass is 16.2. The molecule has 0 spiro atoms. The molecule has 2 aromatic carbocycles. The molecule has 5 heteroatoms. The molecule has 25 heavy (non-hydrogen) atoms. The molecule has 3 aromatic rings. The molecule has 0 N–H and O–H groups in total. The van der Waals surface area contributed by atoms with Gasteiger partial charge in [0.05, 0.1) is 12.4 Å². The largest absolute Gasteiger partial charge is 0.336 e. The van der Waals surface area contributed by atoms with Gasteiger partial charge in [0.2, 0.25) is 0 Å². The van der Waals surface area contributed by atoms with Crippen LogP contribution in [0.4, 0.5) is 11.5 Å². The van der Waals surface area contributed by atoms with Gasteiger partial charge in [0.15, 0.2) is 5.82 Å². The number of benzene rings is 2. The average molecular weight is 332 g/mol. The van der Waals surface area contributed by atoms with Crippen LogP contribution in [0.25, 0.3) is 0 Å². The lowest BCUT2D eigenvalue weighted by molar-refractivity contribution is 0.0779. The number of para-hydroxylation sites is 1. The second-order valence-corrected chi connectivity index (χ2v) is 5.80. The number of carbonyl (C=O) groups excluding carboxylic acids is 1. The van der Waals surface area contributed by atoms with E-state index in [1.807, 2.05) is 72.6 Å². The van der Waals surface area contributed by atoms with E-state index >= 15 is 0 Å². The van der Waals surface area contributed by atoms with Crippen molar-refractivity contribution in [2.75, 3.05) is 19.0 Å². The number of nitrogens with zero attached hydrogens (tertiary/aromatic N) is 4. The number of rotatable bonds is 5. The van der Waals surface area contributed by atoms with E-state index in [0.29, 0.717) is 18.1 Å². The monoisotopic (exact) mass is 332 g/mol. The molecule has 3 rings (SSSR count). The quantitative estimate of drug-likeness (QED) is 0.717. The zero-order valence-electron chi connectivity index (χ0n) is 14.3. The maximum Gasteiger partial charge on any atom is 0.274 e. The van der Waals surface area contributed by atoms with Crippen LogP contribution < -0.4 is 4.90 Å². The van der Waals surface area contributed by atoms with E-state index in [2.05, 4.69) is 9.97 Å². The first-order valence-electron chi connectivity index (χ1n) is 8.05. The maximum absolute atomic E-state index is 12.5. The van der Waals surface area contributed by atoms with Crippen molar-refractivity contribution in [2.24, 2.45) is 0 Å². The van der Waals surface area contributed by atoms with Crippen molar-refractivity contribution in [1.29, 1.82) is 0 Å². The van der Waals surface area contributed by atoms with Crippen molar-refractivity contribution in [3.05, 3.63) is 84.3 Å². The highest BCUT2D eigenvalue weighted by Crippen LogP contribution is 2.20. The summed E-state index contributed by atoms with van der Waals surface area (Å²) in [6, 6.07) is 19.8. The minimum atomic E-state index is -0.148. The fourth-order valence-corrected chi connectivity index (χ4v) is 2.51. The van der Waals surface area contributed by atoms with E-state index in [0.717, 1.165) is 11.3 Å². The van der Waals surface area contributed by atoms with Crippen LogP contribution in [0.1, 0.15) is 16.1 Å². The highest BCUT2D eigenvalue weighted by Gasteiger charge is 2.15. The summed E-state index contributed by atoms with van der Waals surface area (Å²) in [6.45, 7) is 0.535. The first kappa shape index (κ1) is 16.6. The van der Waals surface area contributed by atoms with Gasteiger partial charge >= 0.3 is 0 Å². The summed E-state index contributed by atoms with van der Waals surface area (Å²) in [5, 5.41) is 0. The van der Waals surface area contributed by atoms with Crippen LogP contribution in [0.3, 0.4) is 0 Å². The van der Waals surface area contributed by atoms with Crippen LogP contribution in [-0.2, 0) is 6.54 Å². The van der Waals surface area contributed by atoms with E-state index in [9.17, 15) is 4.79 Å². The van der Waals surface area contributed by atoms with Crippen molar-refractivity contribution < 1.29 is 4.79 Å². The van der Waals surface area contributed by atoms with Crippen molar-refractivity contribution in [2.45, 2.75) is 6.54 Å². The molecule has 1 aromatic heterocycles. The molecule has 0 aliphatic heterocycles. The summed E-state index contributed by atoms with van der Waals surface area (Å²) < 4.78 is 0. The van der Waals surface area contributed by atoms with Gasteiger partial charge < -0.3 is 9.80 Å². The lowest BCUT2D eigenvalue weighted by Crippen LogP contribution is -2.27. The Morgan fingerprint density at radius 2 is 1.52 bits per heavy atom. The number of carbonyl (C=O) groups is 1. The Kier molecular flexibility index (Phi) is 5.04. The third-order valence-electron chi connectivity index (χ3n) is 3.95. The van der Waals surface area contributed by atoms with Gasteiger partial charge in [-0.1, -0.05) is 48.5 Å².